The molecular weight excluding hydrogens is 470 g/mol. The van der Waals surface area contributed by atoms with Gasteiger partial charge in [0.25, 0.3) is 0 Å². The van der Waals surface area contributed by atoms with Crippen molar-refractivity contribution in [2.45, 2.75) is 25.2 Å². The van der Waals surface area contributed by atoms with Crippen LogP contribution >= 0.6 is 27.5 Å². The summed E-state index contributed by atoms with van der Waals surface area (Å²) in [5.41, 5.74) is 0. The van der Waals surface area contributed by atoms with E-state index in [1.165, 1.54) is 10.4 Å². The summed E-state index contributed by atoms with van der Waals surface area (Å²) in [5, 5.41) is 3.03. The zero-order chi connectivity index (χ0) is 20.7. The van der Waals surface area contributed by atoms with Crippen molar-refractivity contribution in [3.8, 4) is 0 Å². The third-order valence-electron chi connectivity index (χ3n) is 4.23. The monoisotopic (exact) mass is 495 g/mol. The Hall–Kier alpha value is -0.870. The van der Waals surface area contributed by atoms with Crippen LogP contribution in [0.4, 0.5) is 4.79 Å². The van der Waals surface area contributed by atoms with Gasteiger partial charge in [-0.3, -0.25) is 0 Å². The van der Waals surface area contributed by atoms with Gasteiger partial charge in [0.2, 0.25) is 10.0 Å². The SMILES string of the molecule is CC(C)COCCCNC(=O)N1CCN(S(=O)(=O)c2ccc(Br)cc2Cl)CC1. The molecule has 0 unspecified atom stereocenters. The molecule has 1 aliphatic heterocycles. The number of urea groups is 1. The highest BCUT2D eigenvalue weighted by Crippen LogP contribution is 2.28. The third kappa shape index (κ3) is 6.59. The number of carbonyl (C=O) groups excluding carboxylic acids is 1. The van der Waals surface area contributed by atoms with Gasteiger partial charge in [-0.2, -0.15) is 4.31 Å². The molecular formula is C18H27BrClN3O4S. The van der Waals surface area contributed by atoms with Gasteiger partial charge in [-0.25, -0.2) is 13.2 Å². The highest BCUT2D eigenvalue weighted by atomic mass is 79.9. The molecule has 2 rings (SSSR count). The Labute approximate surface area is 180 Å². The van der Waals surface area contributed by atoms with Crippen LogP contribution in [0.25, 0.3) is 0 Å². The van der Waals surface area contributed by atoms with Gasteiger partial charge >= 0.3 is 6.03 Å². The van der Waals surface area contributed by atoms with Gasteiger partial charge < -0.3 is 15.0 Å². The Morgan fingerprint density at radius 3 is 2.57 bits per heavy atom. The molecule has 1 N–H and O–H groups in total. The average Bonchev–Trinajstić information content (AvgIpc) is 2.64. The second-order valence-electron chi connectivity index (χ2n) is 7.02. The first-order valence-corrected chi connectivity index (χ1v) is 11.9. The van der Waals surface area contributed by atoms with E-state index in [4.69, 9.17) is 16.3 Å². The van der Waals surface area contributed by atoms with Gasteiger partial charge in [-0.1, -0.05) is 41.4 Å². The standard InChI is InChI=1S/C18H27BrClN3O4S/c1-14(2)13-27-11-3-6-21-18(24)22-7-9-23(10-8-22)28(25,26)17-5-4-15(19)12-16(17)20/h4-5,12,14H,3,6-11,13H2,1-2H3,(H,21,24). The quantitative estimate of drug-likeness (QED) is 0.561. The Bertz CT molecular complexity index is 768. The molecule has 0 atom stereocenters. The molecule has 1 fully saturated rings. The fourth-order valence-electron chi connectivity index (χ4n) is 2.76. The van der Waals surface area contributed by atoms with E-state index >= 15 is 0 Å². The molecule has 1 saturated heterocycles. The van der Waals surface area contributed by atoms with Crippen LogP contribution in [-0.4, -0.2) is 69.6 Å². The van der Waals surface area contributed by atoms with Gasteiger partial charge in [0, 0.05) is 50.4 Å². The van der Waals surface area contributed by atoms with Crippen molar-refractivity contribution in [2.24, 2.45) is 5.92 Å². The van der Waals surface area contributed by atoms with Crippen molar-refractivity contribution in [3.63, 3.8) is 0 Å². The number of carbonyl (C=O) groups is 1. The second kappa shape index (κ2) is 10.8. The lowest BCUT2D eigenvalue weighted by Crippen LogP contribution is -2.53. The molecule has 0 aliphatic carbocycles. The molecule has 0 spiro atoms. The summed E-state index contributed by atoms with van der Waals surface area (Å²) < 4.78 is 33.2. The number of halogens is 2. The maximum atomic E-state index is 12.8. The van der Waals surface area contributed by atoms with Crippen LogP contribution in [0, 0.1) is 5.92 Å². The number of amides is 2. The van der Waals surface area contributed by atoms with Crippen molar-refractivity contribution in [1.82, 2.24) is 14.5 Å². The topological polar surface area (TPSA) is 79.0 Å². The lowest BCUT2D eigenvalue weighted by atomic mass is 10.2. The molecule has 0 saturated carbocycles. The minimum absolute atomic E-state index is 0.0802. The minimum Gasteiger partial charge on any atom is -0.381 e. The molecule has 158 valence electrons. The van der Waals surface area contributed by atoms with Gasteiger partial charge in [-0.15, -0.1) is 0 Å². The zero-order valence-electron chi connectivity index (χ0n) is 16.2. The summed E-state index contributed by atoms with van der Waals surface area (Å²) >= 11 is 9.37. The van der Waals surface area contributed by atoms with Crippen molar-refractivity contribution < 1.29 is 17.9 Å². The number of hydrogen-bond donors (Lipinski definition) is 1. The predicted molar refractivity (Wildman–Crippen MR) is 113 cm³/mol. The number of piperazine rings is 1. The molecule has 1 aromatic carbocycles. The van der Waals surface area contributed by atoms with Gasteiger partial charge in [0.05, 0.1) is 5.02 Å². The van der Waals surface area contributed by atoms with Gasteiger partial charge in [0.1, 0.15) is 4.90 Å². The second-order valence-corrected chi connectivity index (χ2v) is 10.2. The van der Waals surface area contributed by atoms with Crippen LogP contribution in [0.5, 0.6) is 0 Å². The molecule has 10 heteroatoms. The summed E-state index contributed by atoms with van der Waals surface area (Å²) in [5.74, 6) is 0.495. The summed E-state index contributed by atoms with van der Waals surface area (Å²) in [7, 11) is -3.69. The summed E-state index contributed by atoms with van der Waals surface area (Å²) in [6.07, 6.45) is 0.745. The average molecular weight is 497 g/mol. The van der Waals surface area contributed by atoms with Crippen LogP contribution in [0.2, 0.25) is 5.02 Å². The third-order valence-corrected chi connectivity index (χ3v) is 7.11. The molecule has 7 nitrogen and oxygen atoms in total. The number of ether oxygens (including phenoxy) is 1. The fourth-order valence-corrected chi connectivity index (χ4v) is 5.19. The molecule has 0 bridgehead atoms. The van der Waals surface area contributed by atoms with Gasteiger partial charge in [-0.05, 0) is 30.5 Å². The van der Waals surface area contributed by atoms with Gasteiger partial charge in [0.15, 0.2) is 0 Å². The molecule has 1 heterocycles. The number of sulfonamides is 1. The molecule has 28 heavy (non-hydrogen) atoms. The lowest BCUT2D eigenvalue weighted by molar-refractivity contribution is 0.107. The lowest BCUT2D eigenvalue weighted by Gasteiger charge is -2.34. The number of benzene rings is 1. The van der Waals surface area contributed by atoms with E-state index in [0.717, 1.165) is 6.42 Å². The van der Waals surface area contributed by atoms with Crippen LogP contribution in [-0.2, 0) is 14.8 Å². The highest BCUT2D eigenvalue weighted by Gasteiger charge is 2.31. The minimum atomic E-state index is -3.69. The van der Waals surface area contributed by atoms with E-state index in [2.05, 4.69) is 35.1 Å². The summed E-state index contributed by atoms with van der Waals surface area (Å²) in [4.78, 5) is 13.9. The van der Waals surface area contributed by atoms with E-state index in [-0.39, 0.29) is 29.0 Å². The first-order valence-electron chi connectivity index (χ1n) is 9.27. The largest absolute Gasteiger partial charge is 0.381 e. The van der Waals surface area contributed by atoms with Crippen LogP contribution in [0.1, 0.15) is 20.3 Å². The van der Waals surface area contributed by atoms with E-state index in [1.807, 2.05) is 0 Å². The molecule has 0 radical (unpaired) electrons. The predicted octanol–water partition coefficient (Wildman–Crippen LogP) is 3.18. The number of rotatable bonds is 8. The zero-order valence-corrected chi connectivity index (χ0v) is 19.3. The molecule has 1 aromatic rings. The Balaban J connectivity index is 1.79. The van der Waals surface area contributed by atoms with Crippen molar-refractivity contribution in [1.29, 1.82) is 0 Å². The number of nitrogens with zero attached hydrogens (tertiary/aromatic N) is 2. The summed E-state index contributed by atoms with van der Waals surface area (Å²) in [6, 6.07) is 4.51. The van der Waals surface area contributed by atoms with Crippen molar-refractivity contribution in [3.05, 3.63) is 27.7 Å². The smallest absolute Gasteiger partial charge is 0.317 e. The molecule has 0 aromatic heterocycles. The van der Waals surface area contributed by atoms with E-state index in [1.54, 1.807) is 17.0 Å². The number of hydrogen-bond acceptors (Lipinski definition) is 4. The molecule has 2 amide bonds. The van der Waals surface area contributed by atoms with Crippen LogP contribution in [0.3, 0.4) is 0 Å². The van der Waals surface area contributed by atoms with Crippen molar-refractivity contribution in [2.75, 3.05) is 45.9 Å². The normalized spacial score (nSPS) is 15.8. The maximum Gasteiger partial charge on any atom is 0.317 e. The first-order chi connectivity index (χ1) is 13.2. The Morgan fingerprint density at radius 2 is 1.96 bits per heavy atom. The fraction of sp³-hybridized carbons (Fsp3) is 0.611. The first kappa shape index (κ1) is 23.4. The van der Waals surface area contributed by atoms with Crippen molar-refractivity contribution >= 4 is 43.6 Å². The number of nitrogens with one attached hydrogen (secondary N) is 1. The molecule has 1 aliphatic rings. The maximum absolute atomic E-state index is 12.8. The van der Waals surface area contributed by atoms with Crippen LogP contribution < -0.4 is 5.32 Å². The van der Waals surface area contributed by atoms with Crippen LogP contribution in [0.15, 0.2) is 27.6 Å². The Morgan fingerprint density at radius 1 is 1.29 bits per heavy atom. The Kier molecular flexibility index (Phi) is 9.01. The highest BCUT2D eigenvalue weighted by molar-refractivity contribution is 9.10. The van der Waals surface area contributed by atoms with E-state index < -0.39 is 10.0 Å². The summed E-state index contributed by atoms with van der Waals surface area (Å²) in [6.45, 7) is 7.18. The van der Waals surface area contributed by atoms with E-state index in [0.29, 0.717) is 43.2 Å². The van der Waals surface area contributed by atoms with E-state index in [9.17, 15) is 13.2 Å².